The number of hydrogen-bond donors (Lipinski definition) is 0. The Morgan fingerprint density at radius 2 is 1.79 bits per heavy atom. The van der Waals surface area contributed by atoms with Crippen molar-refractivity contribution in [3.8, 4) is 5.75 Å². The van der Waals surface area contributed by atoms with Gasteiger partial charge in [-0.15, -0.1) is 0 Å². The molecule has 1 fully saturated rings. The van der Waals surface area contributed by atoms with Crippen LogP contribution in [0.15, 0.2) is 68.7 Å². The van der Waals surface area contributed by atoms with E-state index in [1.165, 1.54) is 10.4 Å². The van der Waals surface area contributed by atoms with Crippen LogP contribution in [0.5, 0.6) is 5.75 Å². The molecule has 2 heterocycles. The van der Waals surface area contributed by atoms with Gasteiger partial charge >= 0.3 is 5.63 Å². The molecule has 0 aliphatic carbocycles. The van der Waals surface area contributed by atoms with Crippen LogP contribution in [-0.2, 0) is 21.4 Å². The van der Waals surface area contributed by atoms with E-state index in [1.54, 1.807) is 48.5 Å². The first kappa shape index (κ1) is 18.7. The van der Waals surface area contributed by atoms with Gasteiger partial charge in [0.05, 0.1) is 18.1 Å². The van der Waals surface area contributed by atoms with Gasteiger partial charge in [-0.1, -0.05) is 12.1 Å². The Morgan fingerprint density at radius 1 is 1.00 bits per heavy atom. The topological polar surface area (TPSA) is 86.1 Å². The average molecular weight is 401 g/mol. The minimum absolute atomic E-state index is 0.190. The fourth-order valence-corrected chi connectivity index (χ4v) is 4.51. The number of benzene rings is 2. The van der Waals surface area contributed by atoms with Crippen LogP contribution < -0.4 is 10.4 Å². The number of rotatable bonds is 5. The molecule has 0 spiro atoms. The van der Waals surface area contributed by atoms with E-state index in [-0.39, 0.29) is 11.5 Å². The van der Waals surface area contributed by atoms with Crippen molar-refractivity contribution >= 4 is 21.0 Å². The summed E-state index contributed by atoms with van der Waals surface area (Å²) in [5.41, 5.74) is 0.739. The van der Waals surface area contributed by atoms with Gasteiger partial charge in [-0.25, -0.2) is 13.2 Å². The van der Waals surface area contributed by atoms with Crippen molar-refractivity contribution in [2.75, 3.05) is 26.3 Å². The Labute approximate surface area is 162 Å². The minimum Gasteiger partial charge on any atom is -0.489 e. The van der Waals surface area contributed by atoms with E-state index in [0.717, 1.165) is 10.9 Å². The van der Waals surface area contributed by atoms with Gasteiger partial charge in [-0.3, -0.25) is 0 Å². The molecular formula is C20H19NO6S. The second-order valence-corrected chi connectivity index (χ2v) is 8.34. The van der Waals surface area contributed by atoms with E-state index < -0.39 is 15.6 Å². The van der Waals surface area contributed by atoms with Gasteiger partial charge in [0.15, 0.2) is 0 Å². The first-order valence-electron chi connectivity index (χ1n) is 8.86. The quantitative estimate of drug-likeness (QED) is 0.610. The third-order valence-electron chi connectivity index (χ3n) is 4.51. The largest absolute Gasteiger partial charge is 0.489 e. The van der Waals surface area contributed by atoms with Gasteiger partial charge in [-0.2, -0.15) is 4.31 Å². The zero-order valence-electron chi connectivity index (χ0n) is 15.0. The highest BCUT2D eigenvalue weighted by atomic mass is 32.2. The van der Waals surface area contributed by atoms with Crippen molar-refractivity contribution in [1.82, 2.24) is 4.31 Å². The standard InChI is InChI=1S/C20H19NO6S/c22-20-7-5-16-4-6-17(13-19(16)27-20)26-14-15-2-1-3-18(12-15)28(23,24)21-8-10-25-11-9-21/h1-7,12-13H,8-11,14H2. The van der Waals surface area contributed by atoms with Crippen LogP contribution >= 0.6 is 0 Å². The number of nitrogens with zero attached hydrogens (tertiary/aromatic N) is 1. The van der Waals surface area contributed by atoms with E-state index in [1.807, 2.05) is 0 Å². The Hall–Kier alpha value is -2.68. The fraction of sp³-hybridized carbons (Fsp3) is 0.250. The molecule has 0 N–H and O–H groups in total. The zero-order valence-corrected chi connectivity index (χ0v) is 15.9. The second kappa shape index (κ2) is 7.75. The lowest BCUT2D eigenvalue weighted by Gasteiger charge is -2.26. The third kappa shape index (κ3) is 3.94. The van der Waals surface area contributed by atoms with Gasteiger partial charge in [0.2, 0.25) is 10.0 Å². The van der Waals surface area contributed by atoms with E-state index in [2.05, 4.69) is 0 Å². The number of sulfonamides is 1. The highest BCUT2D eigenvalue weighted by molar-refractivity contribution is 7.89. The maximum Gasteiger partial charge on any atom is 0.336 e. The number of morpholine rings is 1. The summed E-state index contributed by atoms with van der Waals surface area (Å²) >= 11 is 0. The van der Waals surface area contributed by atoms with Crippen LogP contribution in [0.4, 0.5) is 0 Å². The molecule has 28 heavy (non-hydrogen) atoms. The van der Waals surface area contributed by atoms with Gasteiger partial charge in [0, 0.05) is 30.6 Å². The lowest BCUT2D eigenvalue weighted by atomic mass is 10.2. The van der Waals surface area contributed by atoms with Crippen LogP contribution in [0, 0.1) is 0 Å². The molecule has 146 valence electrons. The molecule has 1 aromatic heterocycles. The normalized spacial score (nSPS) is 15.6. The average Bonchev–Trinajstić information content (AvgIpc) is 2.73. The minimum atomic E-state index is -3.55. The molecule has 2 aromatic carbocycles. The molecule has 8 heteroatoms. The van der Waals surface area contributed by atoms with Crippen molar-refractivity contribution in [2.45, 2.75) is 11.5 Å². The summed E-state index contributed by atoms with van der Waals surface area (Å²) in [6.07, 6.45) is 0. The number of ether oxygens (including phenoxy) is 2. The summed E-state index contributed by atoms with van der Waals surface area (Å²) in [5, 5.41) is 0.797. The molecule has 0 bridgehead atoms. The lowest BCUT2D eigenvalue weighted by Crippen LogP contribution is -2.40. The smallest absolute Gasteiger partial charge is 0.336 e. The van der Waals surface area contributed by atoms with Crippen LogP contribution in [0.3, 0.4) is 0 Å². The molecule has 0 saturated carbocycles. The summed E-state index contributed by atoms with van der Waals surface area (Å²) in [7, 11) is -3.55. The van der Waals surface area contributed by atoms with E-state index in [0.29, 0.717) is 37.6 Å². The van der Waals surface area contributed by atoms with Crippen molar-refractivity contribution < 1.29 is 22.3 Å². The molecular weight excluding hydrogens is 382 g/mol. The second-order valence-electron chi connectivity index (χ2n) is 6.41. The van der Waals surface area contributed by atoms with Crippen molar-refractivity contribution in [3.63, 3.8) is 0 Å². The lowest BCUT2D eigenvalue weighted by molar-refractivity contribution is 0.0730. The Balaban J connectivity index is 1.51. The SMILES string of the molecule is O=c1ccc2ccc(OCc3cccc(S(=O)(=O)N4CCOCC4)c3)cc2o1. The number of hydrogen-bond acceptors (Lipinski definition) is 6. The van der Waals surface area contributed by atoms with E-state index in [4.69, 9.17) is 13.9 Å². The summed E-state index contributed by atoms with van der Waals surface area (Å²) < 4.78 is 43.1. The number of fused-ring (bicyclic) bond motifs is 1. The summed E-state index contributed by atoms with van der Waals surface area (Å²) in [5.74, 6) is 0.531. The summed E-state index contributed by atoms with van der Waals surface area (Å²) in [4.78, 5) is 11.6. The van der Waals surface area contributed by atoms with Crippen LogP contribution in [0.2, 0.25) is 0 Å². The Morgan fingerprint density at radius 3 is 2.61 bits per heavy atom. The molecule has 0 radical (unpaired) electrons. The fourth-order valence-electron chi connectivity index (χ4n) is 3.03. The van der Waals surface area contributed by atoms with Gasteiger partial charge in [0.25, 0.3) is 0 Å². The third-order valence-corrected chi connectivity index (χ3v) is 6.40. The van der Waals surface area contributed by atoms with Crippen molar-refractivity contribution in [3.05, 3.63) is 70.6 Å². The monoisotopic (exact) mass is 401 g/mol. The Kier molecular flexibility index (Phi) is 5.17. The molecule has 0 amide bonds. The maximum absolute atomic E-state index is 12.8. The van der Waals surface area contributed by atoms with Crippen molar-refractivity contribution in [2.24, 2.45) is 0 Å². The molecule has 7 nitrogen and oxygen atoms in total. The highest BCUT2D eigenvalue weighted by Crippen LogP contribution is 2.22. The van der Waals surface area contributed by atoms with E-state index in [9.17, 15) is 13.2 Å². The first-order valence-corrected chi connectivity index (χ1v) is 10.3. The van der Waals surface area contributed by atoms with Gasteiger partial charge in [-0.05, 0) is 35.9 Å². The molecule has 1 saturated heterocycles. The predicted octanol–water partition coefficient (Wildman–Crippen LogP) is 2.39. The Bertz CT molecular complexity index is 1150. The first-order chi connectivity index (χ1) is 13.5. The van der Waals surface area contributed by atoms with Crippen LogP contribution in [0.25, 0.3) is 11.0 Å². The van der Waals surface area contributed by atoms with Crippen LogP contribution in [-0.4, -0.2) is 39.0 Å². The molecule has 3 aromatic rings. The van der Waals surface area contributed by atoms with Crippen LogP contribution in [0.1, 0.15) is 5.56 Å². The summed E-state index contributed by atoms with van der Waals surface area (Å²) in [6.45, 7) is 1.70. The predicted molar refractivity (Wildman–Crippen MR) is 103 cm³/mol. The zero-order chi connectivity index (χ0) is 19.6. The maximum atomic E-state index is 12.8. The molecule has 0 unspecified atom stereocenters. The van der Waals surface area contributed by atoms with Gasteiger partial charge in [0.1, 0.15) is 17.9 Å². The van der Waals surface area contributed by atoms with E-state index >= 15 is 0 Å². The highest BCUT2D eigenvalue weighted by Gasteiger charge is 2.26. The molecule has 1 aliphatic heterocycles. The molecule has 0 atom stereocenters. The molecule has 4 rings (SSSR count). The molecule has 1 aliphatic rings. The summed E-state index contributed by atoms with van der Waals surface area (Å²) in [6, 6.07) is 15.0. The van der Waals surface area contributed by atoms with Crippen molar-refractivity contribution in [1.29, 1.82) is 0 Å². The van der Waals surface area contributed by atoms with Gasteiger partial charge < -0.3 is 13.9 Å².